The van der Waals surface area contributed by atoms with E-state index < -0.39 is 0 Å². The third-order valence-corrected chi connectivity index (χ3v) is 8.13. The summed E-state index contributed by atoms with van der Waals surface area (Å²) in [5, 5.41) is 4.44. The molecule has 5 rings (SSSR count). The van der Waals surface area contributed by atoms with E-state index in [1.54, 1.807) is 6.92 Å². The lowest BCUT2D eigenvalue weighted by Gasteiger charge is -2.20. The van der Waals surface area contributed by atoms with E-state index in [1.807, 2.05) is 61.5 Å². The number of benzene rings is 2. The van der Waals surface area contributed by atoms with Crippen molar-refractivity contribution in [1.29, 1.82) is 0 Å². The smallest absolute Gasteiger partial charge is 0.341 e. The Morgan fingerprint density at radius 2 is 1.89 bits per heavy atom. The standard InChI is InChI=1S/C30H30N2O3S/c1-4-19-12-15-22-26(16-19)36-29(27(22)30(34)35-5-2)32-28(33)23-17-25(20-13-10-18(3)11-14-20)31-24-9-7-6-8-21(23)24/h6-11,13-14,17,19H,4-5,12,15-16H2,1-3H3,(H,32,33)/t19-/m1/s1. The van der Waals surface area contributed by atoms with Gasteiger partial charge in [0.2, 0.25) is 0 Å². The second-order valence-electron chi connectivity index (χ2n) is 9.34. The quantitative estimate of drug-likeness (QED) is 0.285. The van der Waals surface area contributed by atoms with Crippen molar-refractivity contribution in [3.63, 3.8) is 0 Å². The number of esters is 1. The Morgan fingerprint density at radius 1 is 1.11 bits per heavy atom. The molecule has 0 saturated heterocycles. The number of anilines is 1. The molecule has 0 radical (unpaired) electrons. The Balaban J connectivity index is 1.56. The predicted octanol–water partition coefficient (Wildman–Crippen LogP) is 7.22. The van der Waals surface area contributed by atoms with Gasteiger partial charge in [-0.3, -0.25) is 4.79 Å². The molecule has 0 saturated carbocycles. The molecule has 0 unspecified atom stereocenters. The molecule has 184 valence electrons. The summed E-state index contributed by atoms with van der Waals surface area (Å²) in [6.45, 7) is 6.35. The monoisotopic (exact) mass is 498 g/mol. The zero-order chi connectivity index (χ0) is 25.2. The van der Waals surface area contributed by atoms with Crippen LogP contribution in [0.5, 0.6) is 0 Å². The Labute approximate surface area is 215 Å². The number of nitrogens with one attached hydrogen (secondary N) is 1. The Morgan fingerprint density at radius 3 is 2.64 bits per heavy atom. The number of carbonyl (C=O) groups is 2. The zero-order valence-electron chi connectivity index (χ0n) is 20.9. The molecule has 2 aromatic heterocycles. The number of para-hydroxylation sites is 1. The van der Waals surface area contributed by atoms with Crippen LogP contribution in [-0.4, -0.2) is 23.5 Å². The predicted molar refractivity (Wildman–Crippen MR) is 146 cm³/mol. The molecule has 0 bridgehead atoms. The van der Waals surface area contributed by atoms with E-state index in [0.717, 1.165) is 59.0 Å². The number of fused-ring (bicyclic) bond motifs is 2. The minimum Gasteiger partial charge on any atom is -0.462 e. The van der Waals surface area contributed by atoms with Crippen molar-refractivity contribution < 1.29 is 14.3 Å². The molecular formula is C30H30N2O3S. The van der Waals surface area contributed by atoms with Crippen molar-refractivity contribution in [2.45, 2.75) is 46.5 Å². The molecule has 0 spiro atoms. The van der Waals surface area contributed by atoms with Gasteiger partial charge in [0.15, 0.2) is 0 Å². The molecule has 2 heterocycles. The van der Waals surface area contributed by atoms with Crippen LogP contribution in [0, 0.1) is 12.8 Å². The van der Waals surface area contributed by atoms with Crippen molar-refractivity contribution in [1.82, 2.24) is 4.98 Å². The summed E-state index contributed by atoms with van der Waals surface area (Å²) >= 11 is 1.52. The van der Waals surface area contributed by atoms with E-state index in [-0.39, 0.29) is 11.9 Å². The summed E-state index contributed by atoms with van der Waals surface area (Å²) in [5.74, 6) is -0.00529. The molecule has 5 nitrogen and oxygen atoms in total. The fraction of sp³-hybridized carbons (Fsp3) is 0.300. The van der Waals surface area contributed by atoms with Crippen LogP contribution in [0.15, 0.2) is 54.6 Å². The van der Waals surface area contributed by atoms with Gasteiger partial charge in [-0.1, -0.05) is 61.4 Å². The first-order valence-corrected chi connectivity index (χ1v) is 13.4. The van der Waals surface area contributed by atoms with Crippen LogP contribution in [0.2, 0.25) is 0 Å². The van der Waals surface area contributed by atoms with Gasteiger partial charge in [0.1, 0.15) is 5.00 Å². The molecule has 1 N–H and O–H groups in total. The number of aryl methyl sites for hydroxylation is 1. The Hall–Kier alpha value is -3.51. The number of thiophene rings is 1. The van der Waals surface area contributed by atoms with Crippen molar-refractivity contribution in [2.24, 2.45) is 5.92 Å². The highest BCUT2D eigenvalue weighted by Crippen LogP contribution is 2.41. The highest BCUT2D eigenvalue weighted by molar-refractivity contribution is 7.17. The van der Waals surface area contributed by atoms with Gasteiger partial charge in [-0.25, -0.2) is 9.78 Å². The van der Waals surface area contributed by atoms with Crippen LogP contribution in [0.4, 0.5) is 5.00 Å². The number of carbonyl (C=O) groups excluding carboxylic acids is 2. The SMILES string of the molecule is CCOC(=O)c1c(NC(=O)c2cc(-c3ccc(C)cc3)nc3ccccc23)sc2c1CC[C@@H](CC)C2. The van der Waals surface area contributed by atoms with Gasteiger partial charge in [-0.05, 0) is 56.7 Å². The van der Waals surface area contributed by atoms with Gasteiger partial charge in [0, 0.05) is 15.8 Å². The molecule has 1 atom stereocenters. The van der Waals surface area contributed by atoms with E-state index in [0.29, 0.717) is 28.7 Å². The summed E-state index contributed by atoms with van der Waals surface area (Å²) in [6, 6.07) is 17.6. The van der Waals surface area contributed by atoms with Crippen molar-refractivity contribution in [3.8, 4) is 11.3 Å². The lowest BCUT2D eigenvalue weighted by molar-refractivity contribution is 0.0526. The molecule has 1 amide bonds. The van der Waals surface area contributed by atoms with Crippen LogP contribution >= 0.6 is 11.3 Å². The second kappa shape index (κ2) is 10.2. The van der Waals surface area contributed by atoms with Gasteiger partial charge in [-0.2, -0.15) is 0 Å². The molecular weight excluding hydrogens is 468 g/mol. The highest BCUT2D eigenvalue weighted by atomic mass is 32.1. The van der Waals surface area contributed by atoms with Gasteiger partial charge in [0.05, 0.1) is 28.9 Å². The normalized spacial score (nSPS) is 14.9. The number of hydrogen-bond donors (Lipinski definition) is 1. The molecule has 4 aromatic rings. The minimum absolute atomic E-state index is 0.252. The van der Waals surface area contributed by atoms with Crippen LogP contribution in [-0.2, 0) is 17.6 Å². The molecule has 0 fully saturated rings. The largest absolute Gasteiger partial charge is 0.462 e. The van der Waals surface area contributed by atoms with E-state index in [2.05, 4.69) is 12.2 Å². The van der Waals surface area contributed by atoms with E-state index in [9.17, 15) is 9.59 Å². The van der Waals surface area contributed by atoms with E-state index in [1.165, 1.54) is 16.2 Å². The molecule has 1 aliphatic carbocycles. The number of ether oxygens (including phenoxy) is 1. The highest BCUT2D eigenvalue weighted by Gasteiger charge is 2.30. The van der Waals surface area contributed by atoms with Crippen LogP contribution in [0.25, 0.3) is 22.2 Å². The summed E-state index contributed by atoms with van der Waals surface area (Å²) in [6.07, 6.45) is 3.94. The summed E-state index contributed by atoms with van der Waals surface area (Å²) < 4.78 is 5.40. The molecule has 2 aromatic carbocycles. The number of pyridine rings is 1. The number of amides is 1. The van der Waals surface area contributed by atoms with E-state index in [4.69, 9.17) is 9.72 Å². The lowest BCUT2D eigenvalue weighted by Crippen LogP contribution is -2.17. The first-order valence-electron chi connectivity index (χ1n) is 12.6. The molecule has 0 aliphatic heterocycles. The van der Waals surface area contributed by atoms with Crippen LogP contribution in [0.3, 0.4) is 0 Å². The topological polar surface area (TPSA) is 68.3 Å². The fourth-order valence-electron chi connectivity index (χ4n) is 4.92. The minimum atomic E-state index is -0.361. The van der Waals surface area contributed by atoms with Gasteiger partial charge in [0.25, 0.3) is 5.91 Å². The zero-order valence-corrected chi connectivity index (χ0v) is 21.7. The lowest BCUT2D eigenvalue weighted by atomic mass is 9.85. The third-order valence-electron chi connectivity index (χ3n) is 6.96. The number of aromatic nitrogens is 1. The number of hydrogen-bond acceptors (Lipinski definition) is 5. The first-order chi connectivity index (χ1) is 17.5. The Bertz CT molecular complexity index is 1440. The summed E-state index contributed by atoms with van der Waals surface area (Å²) in [4.78, 5) is 32.7. The van der Waals surface area contributed by atoms with Gasteiger partial charge in [-0.15, -0.1) is 11.3 Å². The van der Waals surface area contributed by atoms with Crippen molar-refractivity contribution in [3.05, 3.63) is 81.7 Å². The fourth-order valence-corrected chi connectivity index (χ4v) is 6.26. The number of nitrogens with zero attached hydrogens (tertiary/aromatic N) is 1. The van der Waals surface area contributed by atoms with Crippen LogP contribution < -0.4 is 5.32 Å². The average molecular weight is 499 g/mol. The van der Waals surface area contributed by atoms with Crippen LogP contribution in [0.1, 0.15) is 63.4 Å². The molecule has 6 heteroatoms. The Kier molecular flexibility index (Phi) is 6.88. The molecule has 36 heavy (non-hydrogen) atoms. The maximum Gasteiger partial charge on any atom is 0.341 e. The first kappa shape index (κ1) is 24.2. The maximum atomic E-state index is 13.7. The summed E-state index contributed by atoms with van der Waals surface area (Å²) in [5.41, 5.74) is 5.70. The van der Waals surface area contributed by atoms with E-state index >= 15 is 0 Å². The average Bonchev–Trinajstić information content (AvgIpc) is 3.25. The third kappa shape index (κ3) is 4.65. The second-order valence-corrected chi connectivity index (χ2v) is 10.4. The number of rotatable bonds is 6. The van der Waals surface area contributed by atoms with Crippen molar-refractivity contribution in [2.75, 3.05) is 11.9 Å². The summed E-state index contributed by atoms with van der Waals surface area (Å²) in [7, 11) is 0. The van der Waals surface area contributed by atoms with Gasteiger partial charge < -0.3 is 10.1 Å². The van der Waals surface area contributed by atoms with Crippen molar-refractivity contribution >= 4 is 39.1 Å². The maximum absolute atomic E-state index is 13.7. The van der Waals surface area contributed by atoms with Gasteiger partial charge >= 0.3 is 5.97 Å². The molecule has 1 aliphatic rings.